The molecule has 2 heterocycles. The molecule has 0 N–H and O–H groups in total. The minimum absolute atomic E-state index is 0.261. The van der Waals surface area contributed by atoms with Crippen LogP contribution in [0.4, 0.5) is 0 Å². The average Bonchev–Trinajstić information content (AvgIpc) is 2.43. The Kier molecular flexibility index (Phi) is 3.43. The third-order valence-corrected chi connectivity index (χ3v) is 3.67. The van der Waals surface area contributed by atoms with Crippen molar-refractivity contribution in [2.75, 3.05) is 13.2 Å². The second kappa shape index (κ2) is 5.10. The zero-order valence-corrected chi connectivity index (χ0v) is 12.9. The van der Waals surface area contributed by atoms with E-state index in [1.807, 2.05) is 0 Å². The summed E-state index contributed by atoms with van der Waals surface area (Å²) in [7, 11) is 0. The first-order valence-electron chi connectivity index (χ1n) is 5.92. The lowest BCUT2D eigenvalue weighted by atomic mass is 10.2. The number of aromatic nitrogens is 2. The van der Waals surface area contributed by atoms with Crippen LogP contribution < -0.4 is 15.0 Å². The van der Waals surface area contributed by atoms with Crippen molar-refractivity contribution < 1.29 is 9.47 Å². The van der Waals surface area contributed by atoms with Gasteiger partial charge in [-0.2, -0.15) is 9.78 Å². The zero-order chi connectivity index (χ0) is 14.3. The third-order valence-electron chi connectivity index (χ3n) is 2.82. The molecule has 1 aliphatic rings. The molecule has 0 bridgehead atoms. The molecule has 104 valence electrons. The standard InChI is InChI=1S/C13H10BrClN2O3/c1-7-4-9(14)13(18)17(16-7)8-5-10(15)12-11(6-8)19-2-3-20-12/h4-6H,2-3H2,1H3. The average molecular weight is 358 g/mol. The molecule has 3 rings (SSSR count). The van der Waals surface area contributed by atoms with E-state index in [-0.39, 0.29) is 5.56 Å². The van der Waals surface area contributed by atoms with Gasteiger partial charge in [-0.05, 0) is 35.0 Å². The van der Waals surface area contributed by atoms with Crippen molar-refractivity contribution in [2.24, 2.45) is 0 Å². The topological polar surface area (TPSA) is 53.4 Å². The minimum Gasteiger partial charge on any atom is -0.486 e. The van der Waals surface area contributed by atoms with Crippen LogP contribution in [0, 0.1) is 6.92 Å². The Labute approximate surface area is 128 Å². The second-order valence-electron chi connectivity index (χ2n) is 4.30. The Morgan fingerprint density at radius 2 is 2.05 bits per heavy atom. The van der Waals surface area contributed by atoms with Crippen LogP contribution in [0.5, 0.6) is 11.5 Å². The summed E-state index contributed by atoms with van der Waals surface area (Å²) < 4.78 is 12.7. The van der Waals surface area contributed by atoms with Gasteiger partial charge in [-0.25, -0.2) is 0 Å². The SMILES string of the molecule is Cc1cc(Br)c(=O)n(-c2cc(Cl)c3c(c2)OCCO3)n1. The van der Waals surface area contributed by atoms with Crippen molar-refractivity contribution in [1.29, 1.82) is 0 Å². The second-order valence-corrected chi connectivity index (χ2v) is 5.56. The molecule has 0 radical (unpaired) electrons. The molecule has 1 aromatic heterocycles. The van der Waals surface area contributed by atoms with Gasteiger partial charge in [0.1, 0.15) is 13.2 Å². The minimum atomic E-state index is -0.261. The van der Waals surface area contributed by atoms with Gasteiger partial charge >= 0.3 is 0 Å². The monoisotopic (exact) mass is 356 g/mol. The summed E-state index contributed by atoms with van der Waals surface area (Å²) in [5.74, 6) is 1.02. The van der Waals surface area contributed by atoms with E-state index in [1.165, 1.54) is 4.68 Å². The quantitative estimate of drug-likeness (QED) is 0.787. The van der Waals surface area contributed by atoms with Crippen LogP contribution in [0.3, 0.4) is 0 Å². The van der Waals surface area contributed by atoms with E-state index in [4.69, 9.17) is 21.1 Å². The number of hydrogen-bond donors (Lipinski definition) is 0. The number of aryl methyl sites for hydroxylation is 1. The molecule has 20 heavy (non-hydrogen) atoms. The van der Waals surface area contributed by atoms with E-state index in [0.29, 0.717) is 45.6 Å². The van der Waals surface area contributed by atoms with Crippen molar-refractivity contribution in [3.8, 4) is 17.2 Å². The van der Waals surface area contributed by atoms with E-state index < -0.39 is 0 Å². The molecular formula is C13H10BrClN2O3. The molecule has 7 heteroatoms. The van der Waals surface area contributed by atoms with E-state index in [2.05, 4.69) is 21.0 Å². The number of hydrogen-bond acceptors (Lipinski definition) is 4. The van der Waals surface area contributed by atoms with Crippen molar-refractivity contribution in [3.63, 3.8) is 0 Å². The van der Waals surface area contributed by atoms with Crippen molar-refractivity contribution in [3.05, 3.63) is 43.7 Å². The lowest BCUT2D eigenvalue weighted by molar-refractivity contribution is 0.171. The highest BCUT2D eigenvalue weighted by molar-refractivity contribution is 9.10. The van der Waals surface area contributed by atoms with E-state index in [9.17, 15) is 4.79 Å². The van der Waals surface area contributed by atoms with Crippen LogP contribution in [0.25, 0.3) is 5.69 Å². The van der Waals surface area contributed by atoms with Gasteiger partial charge in [-0.15, -0.1) is 0 Å². The molecule has 2 aromatic rings. The summed E-state index contributed by atoms with van der Waals surface area (Å²) in [5, 5.41) is 4.61. The summed E-state index contributed by atoms with van der Waals surface area (Å²) in [6, 6.07) is 4.99. The molecule has 0 saturated carbocycles. The normalized spacial score (nSPS) is 13.3. The molecule has 0 unspecified atom stereocenters. The largest absolute Gasteiger partial charge is 0.486 e. The Morgan fingerprint density at radius 1 is 1.30 bits per heavy atom. The highest BCUT2D eigenvalue weighted by Gasteiger charge is 2.18. The number of benzene rings is 1. The Morgan fingerprint density at radius 3 is 2.85 bits per heavy atom. The third kappa shape index (κ3) is 2.29. The summed E-state index contributed by atoms with van der Waals surface area (Å²) in [4.78, 5) is 12.1. The lowest BCUT2D eigenvalue weighted by Gasteiger charge is -2.20. The van der Waals surface area contributed by atoms with Gasteiger partial charge in [-0.3, -0.25) is 4.79 Å². The van der Waals surface area contributed by atoms with Gasteiger partial charge in [-0.1, -0.05) is 11.6 Å². The van der Waals surface area contributed by atoms with E-state index in [1.54, 1.807) is 25.1 Å². The van der Waals surface area contributed by atoms with Crippen LogP contribution in [-0.4, -0.2) is 23.0 Å². The number of nitrogens with zero attached hydrogens (tertiary/aromatic N) is 2. The summed E-state index contributed by atoms with van der Waals surface area (Å²) in [6.45, 7) is 2.72. The predicted molar refractivity (Wildman–Crippen MR) is 78.3 cm³/mol. The number of rotatable bonds is 1. The first kappa shape index (κ1) is 13.5. The van der Waals surface area contributed by atoms with Crippen LogP contribution in [0.15, 0.2) is 27.5 Å². The number of halogens is 2. The number of ether oxygens (including phenoxy) is 2. The van der Waals surface area contributed by atoms with E-state index >= 15 is 0 Å². The summed E-state index contributed by atoms with van der Waals surface area (Å²) >= 11 is 9.39. The molecule has 1 aliphatic heterocycles. The van der Waals surface area contributed by atoms with Gasteiger partial charge in [0.25, 0.3) is 5.56 Å². The highest BCUT2D eigenvalue weighted by Crippen LogP contribution is 2.38. The van der Waals surface area contributed by atoms with Crippen LogP contribution in [0.1, 0.15) is 5.69 Å². The summed E-state index contributed by atoms with van der Waals surface area (Å²) in [6.07, 6.45) is 0. The maximum absolute atomic E-state index is 12.1. The molecule has 0 amide bonds. The molecule has 1 aromatic carbocycles. The molecular weight excluding hydrogens is 348 g/mol. The van der Waals surface area contributed by atoms with Gasteiger partial charge in [0.2, 0.25) is 0 Å². The van der Waals surface area contributed by atoms with E-state index in [0.717, 1.165) is 0 Å². The molecule has 0 atom stereocenters. The lowest BCUT2D eigenvalue weighted by Crippen LogP contribution is -2.23. The number of fused-ring (bicyclic) bond motifs is 1. The Bertz CT molecular complexity index is 745. The van der Waals surface area contributed by atoms with Crippen LogP contribution in [0.2, 0.25) is 5.02 Å². The fourth-order valence-electron chi connectivity index (χ4n) is 1.97. The fourth-order valence-corrected chi connectivity index (χ4v) is 2.73. The summed E-state index contributed by atoms with van der Waals surface area (Å²) in [5.41, 5.74) is 0.986. The molecule has 0 saturated heterocycles. The Balaban J connectivity index is 2.21. The predicted octanol–water partition coefficient (Wildman–Crippen LogP) is 2.73. The maximum Gasteiger partial charge on any atom is 0.285 e. The first-order valence-corrected chi connectivity index (χ1v) is 7.09. The van der Waals surface area contributed by atoms with Crippen molar-refractivity contribution >= 4 is 27.5 Å². The van der Waals surface area contributed by atoms with Gasteiger partial charge in [0.15, 0.2) is 11.5 Å². The molecule has 0 fully saturated rings. The zero-order valence-electron chi connectivity index (χ0n) is 10.5. The maximum atomic E-state index is 12.1. The van der Waals surface area contributed by atoms with Gasteiger partial charge in [0, 0.05) is 6.07 Å². The van der Waals surface area contributed by atoms with Crippen LogP contribution in [-0.2, 0) is 0 Å². The molecule has 5 nitrogen and oxygen atoms in total. The molecule has 0 aliphatic carbocycles. The van der Waals surface area contributed by atoms with Crippen molar-refractivity contribution in [2.45, 2.75) is 6.92 Å². The van der Waals surface area contributed by atoms with Crippen LogP contribution >= 0.6 is 27.5 Å². The first-order chi connectivity index (χ1) is 9.56. The van der Waals surface area contributed by atoms with Gasteiger partial charge < -0.3 is 9.47 Å². The fraction of sp³-hybridized carbons (Fsp3) is 0.231. The highest BCUT2D eigenvalue weighted by atomic mass is 79.9. The van der Waals surface area contributed by atoms with Gasteiger partial charge in [0.05, 0.1) is 20.9 Å². The molecule has 0 spiro atoms. The smallest absolute Gasteiger partial charge is 0.285 e. The van der Waals surface area contributed by atoms with Crippen molar-refractivity contribution in [1.82, 2.24) is 9.78 Å². The Hall–Kier alpha value is -1.53.